The van der Waals surface area contributed by atoms with Crippen LogP contribution in [0.4, 0.5) is 0 Å². The molecule has 1 aliphatic heterocycles. The number of carbonyl (C=O) groups is 1. The largest absolute Gasteiger partial charge is 0.481 e. The van der Waals surface area contributed by atoms with Gasteiger partial charge in [-0.25, -0.2) is 0 Å². The molecule has 0 aromatic carbocycles. The van der Waals surface area contributed by atoms with Gasteiger partial charge in [-0.3, -0.25) is 9.69 Å². The predicted molar refractivity (Wildman–Crippen MR) is 90.1 cm³/mol. The monoisotopic (exact) mass is 310 g/mol. The highest BCUT2D eigenvalue weighted by molar-refractivity contribution is 5.66. The molecule has 22 heavy (non-hydrogen) atoms. The Morgan fingerprint density at radius 2 is 2.00 bits per heavy atom. The van der Waals surface area contributed by atoms with E-state index in [1.54, 1.807) is 0 Å². The first-order valence-corrected chi connectivity index (χ1v) is 9.27. The van der Waals surface area contributed by atoms with E-state index in [1.807, 2.05) is 0 Å². The van der Waals surface area contributed by atoms with Crippen LogP contribution in [-0.4, -0.2) is 47.7 Å². The van der Waals surface area contributed by atoms with Crippen LogP contribution in [-0.2, 0) is 4.79 Å². The van der Waals surface area contributed by atoms with Crippen molar-refractivity contribution in [2.24, 2.45) is 11.8 Å². The third-order valence-corrected chi connectivity index (χ3v) is 5.72. The van der Waals surface area contributed by atoms with E-state index in [0.717, 1.165) is 38.4 Å². The van der Waals surface area contributed by atoms with Crippen LogP contribution in [0.25, 0.3) is 0 Å². The highest BCUT2D eigenvalue weighted by atomic mass is 16.4. The minimum atomic E-state index is -0.656. The molecule has 1 saturated carbocycles. The molecule has 4 nitrogen and oxygen atoms in total. The van der Waals surface area contributed by atoms with E-state index in [0.29, 0.717) is 24.4 Å². The normalized spacial score (nSPS) is 28.8. The standard InChI is InChI=1S/C18H34N2O2/c1-3-14(2)20-12-16(8-9-18(21)22)10-17(13-20)19-11-15-6-4-5-7-15/h14-17,19H,3-13H2,1-2H3,(H,21,22). The van der Waals surface area contributed by atoms with E-state index in [2.05, 4.69) is 24.1 Å². The molecule has 4 heteroatoms. The molecule has 128 valence electrons. The van der Waals surface area contributed by atoms with Crippen LogP contribution in [0.15, 0.2) is 0 Å². The molecule has 0 spiro atoms. The lowest BCUT2D eigenvalue weighted by atomic mass is 9.89. The Bertz CT molecular complexity index is 342. The predicted octanol–water partition coefficient (Wildman–Crippen LogP) is 3.12. The summed E-state index contributed by atoms with van der Waals surface area (Å²) in [5.74, 6) is 0.743. The van der Waals surface area contributed by atoms with Crippen molar-refractivity contribution in [3.05, 3.63) is 0 Å². The Morgan fingerprint density at radius 3 is 2.64 bits per heavy atom. The topological polar surface area (TPSA) is 52.6 Å². The Morgan fingerprint density at radius 1 is 1.27 bits per heavy atom. The van der Waals surface area contributed by atoms with Gasteiger partial charge in [-0.2, -0.15) is 0 Å². The minimum absolute atomic E-state index is 0.314. The van der Waals surface area contributed by atoms with Gasteiger partial charge >= 0.3 is 5.97 Å². The fourth-order valence-electron chi connectivity index (χ4n) is 4.09. The van der Waals surface area contributed by atoms with Crippen molar-refractivity contribution in [3.63, 3.8) is 0 Å². The Balaban J connectivity index is 1.84. The molecular weight excluding hydrogens is 276 g/mol. The molecule has 0 radical (unpaired) electrons. The Labute approximate surface area is 135 Å². The van der Waals surface area contributed by atoms with E-state index in [1.165, 1.54) is 32.1 Å². The molecule has 3 unspecified atom stereocenters. The number of rotatable bonds is 8. The van der Waals surface area contributed by atoms with E-state index in [9.17, 15) is 4.79 Å². The molecule has 0 amide bonds. The molecule has 2 rings (SSSR count). The number of hydrogen-bond donors (Lipinski definition) is 2. The van der Waals surface area contributed by atoms with Gasteiger partial charge in [0.15, 0.2) is 0 Å². The van der Waals surface area contributed by atoms with Gasteiger partial charge in [0.25, 0.3) is 0 Å². The van der Waals surface area contributed by atoms with Crippen molar-refractivity contribution in [1.82, 2.24) is 10.2 Å². The zero-order valence-electron chi connectivity index (χ0n) is 14.4. The summed E-state index contributed by atoms with van der Waals surface area (Å²) in [5, 5.41) is 12.7. The molecule has 2 N–H and O–H groups in total. The molecule has 1 aliphatic carbocycles. The van der Waals surface area contributed by atoms with Gasteiger partial charge in [-0.15, -0.1) is 0 Å². The SMILES string of the molecule is CCC(C)N1CC(CCC(=O)O)CC(NCC2CCCC2)C1. The molecule has 2 fully saturated rings. The lowest BCUT2D eigenvalue weighted by Crippen LogP contribution is -2.52. The van der Waals surface area contributed by atoms with Gasteiger partial charge in [-0.05, 0) is 57.4 Å². The Hall–Kier alpha value is -0.610. The second-order valence-electron chi connectivity index (χ2n) is 7.50. The number of carboxylic acid groups (broad SMARTS) is 1. The molecular formula is C18H34N2O2. The highest BCUT2D eigenvalue weighted by Gasteiger charge is 2.29. The second kappa shape index (κ2) is 8.88. The number of nitrogens with one attached hydrogen (secondary N) is 1. The van der Waals surface area contributed by atoms with Gasteiger partial charge < -0.3 is 10.4 Å². The summed E-state index contributed by atoms with van der Waals surface area (Å²) in [6, 6.07) is 1.14. The van der Waals surface area contributed by atoms with Crippen LogP contribution in [0.2, 0.25) is 0 Å². The van der Waals surface area contributed by atoms with Crippen LogP contribution in [0.5, 0.6) is 0 Å². The molecule has 1 heterocycles. The van der Waals surface area contributed by atoms with Crippen molar-refractivity contribution in [2.45, 2.75) is 77.3 Å². The maximum atomic E-state index is 10.9. The highest BCUT2D eigenvalue weighted by Crippen LogP contribution is 2.26. The molecule has 2 aliphatic rings. The first-order chi connectivity index (χ1) is 10.6. The van der Waals surface area contributed by atoms with Crippen LogP contribution in [0.3, 0.4) is 0 Å². The smallest absolute Gasteiger partial charge is 0.303 e. The summed E-state index contributed by atoms with van der Waals surface area (Å²) in [5.41, 5.74) is 0. The van der Waals surface area contributed by atoms with E-state index < -0.39 is 5.97 Å². The number of nitrogens with zero attached hydrogens (tertiary/aromatic N) is 1. The van der Waals surface area contributed by atoms with Crippen molar-refractivity contribution in [2.75, 3.05) is 19.6 Å². The zero-order valence-corrected chi connectivity index (χ0v) is 14.4. The van der Waals surface area contributed by atoms with Crippen LogP contribution in [0.1, 0.15) is 65.2 Å². The maximum Gasteiger partial charge on any atom is 0.303 e. The number of carboxylic acids is 1. The minimum Gasteiger partial charge on any atom is -0.481 e. The summed E-state index contributed by atoms with van der Waals surface area (Å²) in [6.45, 7) is 7.90. The number of hydrogen-bond acceptors (Lipinski definition) is 3. The van der Waals surface area contributed by atoms with E-state index in [4.69, 9.17) is 5.11 Å². The van der Waals surface area contributed by atoms with E-state index >= 15 is 0 Å². The number of piperidine rings is 1. The van der Waals surface area contributed by atoms with Gasteiger partial charge in [0.05, 0.1) is 0 Å². The molecule has 1 saturated heterocycles. The van der Waals surface area contributed by atoms with Crippen molar-refractivity contribution in [3.8, 4) is 0 Å². The molecule has 0 aromatic heterocycles. The van der Waals surface area contributed by atoms with Gasteiger partial charge in [0.1, 0.15) is 0 Å². The zero-order chi connectivity index (χ0) is 15.9. The third-order valence-electron chi connectivity index (χ3n) is 5.72. The number of aliphatic carboxylic acids is 1. The van der Waals surface area contributed by atoms with Gasteiger partial charge in [0.2, 0.25) is 0 Å². The van der Waals surface area contributed by atoms with Crippen LogP contribution >= 0.6 is 0 Å². The first kappa shape index (κ1) is 17.7. The summed E-state index contributed by atoms with van der Waals surface area (Å²) >= 11 is 0. The quantitative estimate of drug-likeness (QED) is 0.723. The second-order valence-corrected chi connectivity index (χ2v) is 7.50. The van der Waals surface area contributed by atoms with Crippen molar-refractivity contribution < 1.29 is 9.90 Å². The Kier molecular flexibility index (Phi) is 7.16. The summed E-state index contributed by atoms with van der Waals surface area (Å²) < 4.78 is 0. The lowest BCUT2D eigenvalue weighted by Gasteiger charge is -2.41. The average molecular weight is 310 g/mol. The van der Waals surface area contributed by atoms with Gasteiger partial charge in [-0.1, -0.05) is 19.8 Å². The van der Waals surface area contributed by atoms with E-state index in [-0.39, 0.29) is 0 Å². The van der Waals surface area contributed by atoms with Gasteiger partial charge in [0, 0.05) is 31.6 Å². The fourth-order valence-corrected chi connectivity index (χ4v) is 4.09. The fraction of sp³-hybridized carbons (Fsp3) is 0.944. The van der Waals surface area contributed by atoms with Crippen LogP contribution < -0.4 is 5.32 Å². The third kappa shape index (κ3) is 5.54. The molecule has 3 atom stereocenters. The van der Waals surface area contributed by atoms with Crippen molar-refractivity contribution >= 4 is 5.97 Å². The number of likely N-dealkylation sites (tertiary alicyclic amines) is 1. The van der Waals surface area contributed by atoms with Crippen LogP contribution in [0, 0.1) is 11.8 Å². The first-order valence-electron chi connectivity index (χ1n) is 9.27. The summed E-state index contributed by atoms with van der Waals surface area (Å²) in [4.78, 5) is 13.4. The van der Waals surface area contributed by atoms with Crippen molar-refractivity contribution in [1.29, 1.82) is 0 Å². The average Bonchev–Trinajstić information content (AvgIpc) is 3.03. The summed E-state index contributed by atoms with van der Waals surface area (Å²) in [7, 11) is 0. The molecule has 0 aromatic rings. The summed E-state index contributed by atoms with van der Waals surface area (Å²) in [6.07, 6.45) is 9.02. The maximum absolute atomic E-state index is 10.9. The lowest BCUT2D eigenvalue weighted by molar-refractivity contribution is -0.137. The molecule has 0 bridgehead atoms.